The molecule has 31 heavy (non-hydrogen) atoms. The number of ether oxygens (including phenoxy) is 6. The van der Waals surface area contributed by atoms with Crippen molar-refractivity contribution < 1.29 is 28.4 Å². The summed E-state index contributed by atoms with van der Waals surface area (Å²) in [6.45, 7) is 0. The van der Waals surface area contributed by atoms with Gasteiger partial charge in [-0.25, -0.2) is 0 Å². The molecule has 0 amide bonds. The van der Waals surface area contributed by atoms with Gasteiger partial charge >= 0.3 is 0 Å². The van der Waals surface area contributed by atoms with Crippen molar-refractivity contribution in [3.63, 3.8) is 0 Å². The van der Waals surface area contributed by atoms with E-state index >= 15 is 0 Å². The zero-order valence-electron chi connectivity index (χ0n) is 18.9. The highest BCUT2D eigenvalue weighted by atomic mass is 32.2. The van der Waals surface area contributed by atoms with Gasteiger partial charge in [0.05, 0.1) is 42.7 Å². The van der Waals surface area contributed by atoms with E-state index in [1.807, 2.05) is 11.8 Å². The molecule has 6 nitrogen and oxygen atoms in total. The molecule has 1 saturated heterocycles. The number of benzene rings is 2. The standard InChI is InChI=1S/C24H30O6S/c1-25-17-9-14(10-18(26-2)22(17)28-4)20-16-12-31-11-15(16)7-13-8-19(27-3)23(29-5)24(30-6)21(13)20/h8-10,15-16,20H,7,11-12H2,1-6H3/t15-,16-,20+/m0/s1. The minimum absolute atomic E-state index is 0.118. The van der Waals surface area contributed by atoms with Crippen LogP contribution in [0.15, 0.2) is 18.2 Å². The maximum Gasteiger partial charge on any atom is 0.203 e. The number of fused-ring (bicyclic) bond motifs is 2. The zero-order chi connectivity index (χ0) is 22.1. The first-order chi connectivity index (χ1) is 15.1. The van der Waals surface area contributed by atoms with Crippen molar-refractivity contribution in [3.8, 4) is 34.5 Å². The number of thioether (sulfide) groups is 1. The first kappa shape index (κ1) is 21.8. The summed E-state index contributed by atoms with van der Waals surface area (Å²) in [6, 6.07) is 6.25. The van der Waals surface area contributed by atoms with Gasteiger partial charge in [-0.3, -0.25) is 0 Å². The summed E-state index contributed by atoms with van der Waals surface area (Å²) in [4.78, 5) is 0. The highest BCUT2D eigenvalue weighted by molar-refractivity contribution is 7.99. The number of hydrogen-bond acceptors (Lipinski definition) is 7. The molecule has 0 unspecified atom stereocenters. The lowest BCUT2D eigenvalue weighted by atomic mass is 9.67. The lowest BCUT2D eigenvalue weighted by molar-refractivity contribution is 0.300. The van der Waals surface area contributed by atoms with E-state index in [2.05, 4.69) is 18.2 Å². The normalized spacial score (nSPS) is 21.7. The second kappa shape index (κ2) is 8.99. The molecule has 0 spiro atoms. The van der Waals surface area contributed by atoms with Crippen LogP contribution in [0, 0.1) is 11.8 Å². The van der Waals surface area contributed by atoms with Crippen LogP contribution in [0.1, 0.15) is 22.6 Å². The number of rotatable bonds is 7. The molecule has 2 aromatic carbocycles. The van der Waals surface area contributed by atoms with Crippen LogP contribution in [0.5, 0.6) is 34.5 Å². The predicted octanol–water partition coefficient (Wildman–Crippen LogP) is 4.41. The summed E-state index contributed by atoms with van der Waals surface area (Å²) in [5.41, 5.74) is 3.54. The van der Waals surface area contributed by atoms with Crippen molar-refractivity contribution in [1.82, 2.24) is 0 Å². The molecule has 0 aromatic heterocycles. The van der Waals surface area contributed by atoms with E-state index in [0.29, 0.717) is 40.6 Å². The highest BCUT2D eigenvalue weighted by Crippen LogP contribution is 2.57. The second-order valence-corrected chi connectivity index (χ2v) is 8.89. The van der Waals surface area contributed by atoms with Gasteiger partial charge < -0.3 is 28.4 Å². The van der Waals surface area contributed by atoms with E-state index in [1.54, 1.807) is 42.7 Å². The Balaban J connectivity index is 1.99. The molecule has 4 rings (SSSR count). The Morgan fingerprint density at radius 3 is 1.81 bits per heavy atom. The molecule has 0 N–H and O–H groups in total. The molecule has 0 bridgehead atoms. The molecule has 7 heteroatoms. The monoisotopic (exact) mass is 446 g/mol. The average molecular weight is 447 g/mol. The Labute approximate surface area is 188 Å². The van der Waals surface area contributed by atoms with Crippen LogP contribution < -0.4 is 28.4 Å². The first-order valence-electron chi connectivity index (χ1n) is 10.3. The van der Waals surface area contributed by atoms with Gasteiger partial charge in [-0.15, -0.1) is 0 Å². The quantitative estimate of drug-likeness (QED) is 0.625. The molecule has 2 aromatic rings. The van der Waals surface area contributed by atoms with Crippen molar-refractivity contribution >= 4 is 11.8 Å². The third-order valence-electron chi connectivity index (χ3n) is 6.47. The third-order valence-corrected chi connectivity index (χ3v) is 7.75. The van der Waals surface area contributed by atoms with Gasteiger partial charge in [0.1, 0.15) is 0 Å². The smallest absolute Gasteiger partial charge is 0.203 e. The molecule has 0 saturated carbocycles. The summed E-state index contributed by atoms with van der Waals surface area (Å²) in [7, 11) is 9.94. The Morgan fingerprint density at radius 1 is 0.677 bits per heavy atom. The van der Waals surface area contributed by atoms with Crippen LogP contribution in [0.4, 0.5) is 0 Å². The van der Waals surface area contributed by atoms with Gasteiger partial charge in [0.2, 0.25) is 11.5 Å². The molecular formula is C24H30O6S. The molecule has 1 aliphatic heterocycles. The highest BCUT2D eigenvalue weighted by Gasteiger charge is 2.44. The zero-order valence-corrected chi connectivity index (χ0v) is 19.8. The van der Waals surface area contributed by atoms with E-state index in [9.17, 15) is 0 Å². The number of methoxy groups -OCH3 is 6. The fourth-order valence-electron chi connectivity index (χ4n) is 5.12. The maximum atomic E-state index is 5.94. The number of hydrogen-bond donors (Lipinski definition) is 0. The third kappa shape index (κ3) is 3.53. The topological polar surface area (TPSA) is 55.4 Å². The Kier molecular flexibility index (Phi) is 6.32. The Hall–Kier alpha value is -2.41. The van der Waals surface area contributed by atoms with Gasteiger partial charge in [0, 0.05) is 11.5 Å². The maximum absolute atomic E-state index is 5.94. The van der Waals surface area contributed by atoms with Crippen LogP contribution >= 0.6 is 11.8 Å². The van der Waals surface area contributed by atoms with Crippen molar-refractivity contribution in [2.45, 2.75) is 12.3 Å². The van der Waals surface area contributed by atoms with E-state index < -0.39 is 0 Å². The van der Waals surface area contributed by atoms with E-state index in [4.69, 9.17) is 28.4 Å². The lowest BCUT2D eigenvalue weighted by Gasteiger charge is -2.37. The first-order valence-corrected chi connectivity index (χ1v) is 11.5. The van der Waals surface area contributed by atoms with Crippen molar-refractivity contribution in [3.05, 3.63) is 34.9 Å². The Morgan fingerprint density at radius 2 is 1.26 bits per heavy atom. The summed E-state index contributed by atoms with van der Waals surface area (Å²) < 4.78 is 34.2. The van der Waals surface area contributed by atoms with E-state index in [0.717, 1.165) is 34.8 Å². The van der Waals surface area contributed by atoms with Gasteiger partial charge in [-0.2, -0.15) is 11.8 Å². The van der Waals surface area contributed by atoms with Gasteiger partial charge in [0.25, 0.3) is 0 Å². The van der Waals surface area contributed by atoms with E-state index in [1.165, 1.54) is 5.56 Å². The summed E-state index contributed by atoms with van der Waals surface area (Å²) in [6.07, 6.45) is 1.00. The fourth-order valence-corrected chi connectivity index (χ4v) is 6.66. The summed E-state index contributed by atoms with van der Waals surface area (Å²) in [5.74, 6) is 7.42. The van der Waals surface area contributed by atoms with Gasteiger partial charge in [0.15, 0.2) is 23.0 Å². The van der Waals surface area contributed by atoms with Gasteiger partial charge in [-0.1, -0.05) is 0 Å². The molecule has 168 valence electrons. The van der Waals surface area contributed by atoms with Crippen molar-refractivity contribution in [2.75, 3.05) is 54.2 Å². The average Bonchev–Trinajstić information content (AvgIpc) is 3.28. The van der Waals surface area contributed by atoms with E-state index in [-0.39, 0.29) is 5.92 Å². The molecule has 3 atom stereocenters. The van der Waals surface area contributed by atoms with Crippen LogP contribution in [0.25, 0.3) is 0 Å². The Bertz CT molecular complexity index is 935. The predicted molar refractivity (Wildman–Crippen MR) is 122 cm³/mol. The van der Waals surface area contributed by atoms with Crippen LogP contribution in [-0.2, 0) is 6.42 Å². The minimum Gasteiger partial charge on any atom is -0.493 e. The van der Waals surface area contributed by atoms with Gasteiger partial charge in [-0.05, 0) is 59.1 Å². The molecule has 2 aliphatic rings. The molecule has 1 heterocycles. The largest absolute Gasteiger partial charge is 0.493 e. The molecule has 0 radical (unpaired) electrons. The van der Waals surface area contributed by atoms with Crippen LogP contribution in [0.3, 0.4) is 0 Å². The van der Waals surface area contributed by atoms with Crippen molar-refractivity contribution in [2.24, 2.45) is 11.8 Å². The fraction of sp³-hybridized carbons (Fsp3) is 0.500. The molecule has 1 aliphatic carbocycles. The minimum atomic E-state index is 0.118. The summed E-state index contributed by atoms with van der Waals surface area (Å²) in [5, 5.41) is 0. The summed E-state index contributed by atoms with van der Waals surface area (Å²) >= 11 is 2.02. The van der Waals surface area contributed by atoms with Crippen LogP contribution in [-0.4, -0.2) is 54.2 Å². The van der Waals surface area contributed by atoms with Crippen molar-refractivity contribution in [1.29, 1.82) is 0 Å². The lowest BCUT2D eigenvalue weighted by Crippen LogP contribution is -2.30. The van der Waals surface area contributed by atoms with Crippen LogP contribution in [0.2, 0.25) is 0 Å². The molecule has 1 fully saturated rings. The SMILES string of the molecule is COc1cc([C@H]2c3c(cc(OC)c(OC)c3OC)C[C@H]3CSC[C@@H]32)cc(OC)c1OC. The molecular weight excluding hydrogens is 416 g/mol. The second-order valence-electron chi connectivity index (χ2n) is 7.82.